The van der Waals surface area contributed by atoms with E-state index in [9.17, 15) is 4.79 Å². The summed E-state index contributed by atoms with van der Waals surface area (Å²) < 4.78 is 16.6. The van der Waals surface area contributed by atoms with Crippen LogP contribution in [0.3, 0.4) is 0 Å². The SMILES string of the molecule is COc1ccc(OCC(=O)N2CCC(Oc3cc(C)nc(C)n3)CC2)cc1. The summed E-state index contributed by atoms with van der Waals surface area (Å²) in [5.74, 6) is 2.69. The molecular formula is C20H25N3O4. The first kappa shape index (κ1) is 18.9. The molecule has 1 aromatic carbocycles. The molecule has 7 heteroatoms. The summed E-state index contributed by atoms with van der Waals surface area (Å²) in [5, 5.41) is 0. The molecule has 27 heavy (non-hydrogen) atoms. The number of aryl methyl sites for hydroxylation is 2. The number of piperidine rings is 1. The Kier molecular flexibility index (Phi) is 6.11. The van der Waals surface area contributed by atoms with Gasteiger partial charge < -0.3 is 19.1 Å². The smallest absolute Gasteiger partial charge is 0.260 e. The molecule has 1 aliphatic rings. The highest BCUT2D eigenvalue weighted by atomic mass is 16.5. The maximum atomic E-state index is 12.4. The van der Waals surface area contributed by atoms with Crippen molar-refractivity contribution < 1.29 is 19.0 Å². The van der Waals surface area contributed by atoms with Crippen molar-refractivity contribution in [1.82, 2.24) is 14.9 Å². The van der Waals surface area contributed by atoms with Crippen LogP contribution in [-0.2, 0) is 4.79 Å². The summed E-state index contributed by atoms with van der Waals surface area (Å²) in [6.07, 6.45) is 1.61. The van der Waals surface area contributed by atoms with Gasteiger partial charge in [0.05, 0.1) is 7.11 Å². The van der Waals surface area contributed by atoms with E-state index >= 15 is 0 Å². The number of rotatable bonds is 6. The molecule has 0 spiro atoms. The zero-order chi connectivity index (χ0) is 19.2. The van der Waals surface area contributed by atoms with E-state index in [1.807, 2.05) is 24.8 Å². The van der Waals surface area contributed by atoms with E-state index in [2.05, 4.69) is 9.97 Å². The lowest BCUT2D eigenvalue weighted by atomic mass is 10.1. The molecule has 144 valence electrons. The molecule has 3 rings (SSSR count). The minimum atomic E-state index is -0.0157. The minimum Gasteiger partial charge on any atom is -0.497 e. The van der Waals surface area contributed by atoms with Crippen LogP contribution in [0.4, 0.5) is 0 Å². The van der Waals surface area contributed by atoms with E-state index in [1.54, 1.807) is 31.4 Å². The molecule has 1 fully saturated rings. The van der Waals surface area contributed by atoms with Crippen molar-refractivity contribution in [1.29, 1.82) is 0 Å². The lowest BCUT2D eigenvalue weighted by Gasteiger charge is -2.31. The van der Waals surface area contributed by atoms with E-state index in [4.69, 9.17) is 14.2 Å². The van der Waals surface area contributed by atoms with E-state index in [1.165, 1.54) is 0 Å². The van der Waals surface area contributed by atoms with Crippen LogP contribution in [0.2, 0.25) is 0 Å². The number of hydrogen-bond acceptors (Lipinski definition) is 6. The normalized spacial score (nSPS) is 14.7. The lowest BCUT2D eigenvalue weighted by molar-refractivity contribution is -0.135. The van der Waals surface area contributed by atoms with Crippen molar-refractivity contribution in [3.05, 3.63) is 41.9 Å². The molecule has 2 heterocycles. The third-order valence-electron chi connectivity index (χ3n) is 4.45. The maximum Gasteiger partial charge on any atom is 0.260 e. The second kappa shape index (κ2) is 8.70. The van der Waals surface area contributed by atoms with Crippen molar-refractivity contribution in [3.8, 4) is 17.4 Å². The number of likely N-dealkylation sites (tertiary alicyclic amines) is 1. The van der Waals surface area contributed by atoms with Gasteiger partial charge in [0.25, 0.3) is 5.91 Å². The Morgan fingerprint density at radius 2 is 1.78 bits per heavy atom. The summed E-state index contributed by atoms with van der Waals surface area (Å²) in [4.78, 5) is 22.8. The van der Waals surface area contributed by atoms with Crippen LogP contribution in [0.1, 0.15) is 24.4 Å². The van der Waals surface area contributed by atoms with E-state index in [-0.39, 0.29) is 18.6 Å². The van der Waals surface area contributed by atoms with Gasteiger partial charge in [0.15, 0.2) is 6.61 Å². The highest BCUT2D eigenvalue weighted by Gasteiger charge is 2.24. The largest absolute Gasteiger partial charge is 0.497 e. The van der Waals surface area contributed by atoms with Crippen molar-refractivity contribution in [2.24, 2.45) is 0 Å². The number of carbonyl (C=O) groups excluding carboxylic acids is 1. The van der Waals surface area contributed by atoms with Crippen molar-refractivity contribution in [3.63, 3.8) is 0 Å². The Balaban J connectivity index is 1.44. The van der Waals surface area contributed by atoms with Crippen LogP contribution >= 0.6 is 0 Å². The summed E-state index contributed by atoms with van der Waals surface area (Å²) in [5.41, 5.74) is 0.890. The third-order valence-corrected chi connectivity index (χ3v) is 4.45. The Morgan fingerprint density at radius 3 is 2.41 bits per heavy atom. The molecule has 2 aromatic rings. The Hall–Kier alpha value is -2.83. The number of hydrogen-bond donors (Lipinski definition) is 0. The first-order chi connectivity index (χ1) is 13.0. The fourth-order valence-electron chi connectivity index (χ4n) is 3.05. The second-order valence-electron chi connectivity index (χ2n) is 6.56. The zero-order valence-corrected chi connectivity index (χ0v) is 16.0. The number of nitrogens with zero attached hydrogens (tertiary/aromatic N) is 3. The number of benzene rings is 1. The first-order valence-corrected chi connectivity index (χ1v) is 9.07. The second-order valence-corrected chi connectivity index (χ2v) is 6.56. The van der Waals surface area contributed by atoms with Crippen LogP contribution in [0, 0.1) is 13.8 Å². The van der Waals surface area contributed by atoms with Crippen molar-refractivity contribution in [2.75, 3.05) is 26.8 Å². The molecule has 1 saturated heterocycles. The van der Waals surface area contributed by atoms with Gasteiger partial charge in [-0.3, -0.25) is 4.79 Å². The van der Waals surface area contributed by atoms with Crippen molar-refractivity contribution in [2.45, 2.75) is 32.8 Å². The Labute approximate surface area is 159 Å². The lowest BCUT2D eigenvalue weighted by Crippen LogP contribution is -2.43. The van der Waals surface area contributed by atoms with E-state index in [0.717, 1.165) is 24.3 Å². The van der Waals surface area contributed by atoms with Gasteiger partial charge in [0, 0.05) is 37.7 Å². The molecular weight excluding hydrogens is 346 g/mol. The molecule has 0 N–H and O–H groups in total. The predicted octanol–water partition coefficient (Wildman–Crippen LogP) is 2.55. The third kappa shape index (κ3) is 5.32. The van der Waals surface area contributed by atoms with E-state index < -0.39 is 0 Å². The number of carbonyl (C=O) groups is 1. The average Bonchev–Trinajstić information content (AvgIpc) is 2.66. The zero-order valence-electron chi connectivity index (χ0n) is 16.0. The summed E-state index contributed by atoms with van der Waals surface area (Å²) in [6, 6.07) is 9.03. The highest BCUT2D eigenvalue weighted by Crippen LogP contribution is 2.19. The maximum absolute atomic E-state index is 12.4. The average molecular weight is 371 g/mol. The van der Waals surface area contributed by atoms with Crippen LogP contribution in [0.15, 0.2) is 30.3 Å². The quantitative estimate of drug-likeness (QED) is 0.777. The molecule has 0 atom stereocenters. The fourth-order valence-corrected chi connectivity index (χ4v) is 3.05. The molecule has 0 radical (unpaired) electrons. The number of aromatic nitrogens is 2. The van der Waals surface area contributed by atoms with Gasteiger partial charge in [-0.05, 0) is 38.1 Å². The van der Waals surface area contributed by atoms with Crippen LogP contribution < -0.4 is 14.2 Å². The molecule has 0 bridgehead atoms. The Morgan fingerprint density at radius 1 is 1.11 bits per heavy atom. The molecule has 0 saturated carbocycles. The fraction of sp³-hybridized carbons (Fsp3) is 0.450. The number of methoxy groups -OCH3 is 1. The van der Waals surface area contributed by atoms with Crippen molar-refractivity contribution >= 4 is 5.91 Å². The molecule has 0 aliphatic carbocycles. The molecule has 0 unspecified atom stereocenters. The van der Waals surface area contributed by atoms with Gasteiger partial charge in [-0.15, -0.1) is 0 Å². The van der Waals surface area contributed by atoms with Gasteiger partial charge in [-0.1, -0.05) is 0 Å². The minimum absolute atomic E-state index is 0.0157. The molecule has 1 aromatic heterocycles. The highest BCUT2D eigenvalue weighted by molar-refractivity contribution is 5.77. The molecule has 1 aliphatic heterocycles. The van der Waals surface area contributed by atoms with Gasteiger partial charge in [0.1, 0.15) is 23.4 Å². The summed E-state index contributed by atoms with van der Waals surface area (Å²) in [7, 11) is 1.61. The first-order valence-electron chi connectivity index (χ1n) is 9.07. The Bertz CT molecular complexity index is 751. The number of amides is 1. The monoisotopic (exact) mass is 371 g/mol. The van der Waals surface area contributed by atoms with Gasteiger partial charge in [-0.2, -0.15) is 4.98 Å². The molecule has 7 nitrogen and oxygen atoms in total. The molecule has 1 amide bonds. The van der Waals surface area contributed by atoms with Gasteiger partial charge in [0.2, 0.25) is 5.88 Å². The summed E-state index contributed by atoms with van der Waals surface area (Å²) >= 11 is 0. The van der Waals surface area contributed by atoms with E-state index in [0.29, 0.717) is 30.5 Å². The topological polar surface area (TPSA) is 73.8 Å². The van der Waals surface area contributed by atoms with Gasteiger partial charge in [-0.25, -0.2) is 4.98 Å². The number of ether oxygens (including phenoxy) is 3. The summed E-state index contributed by atoms with van der Waals surface area (Å²) in [6.45, 7) is 5.11. The van der Waals surface area contributed by atoms with Gasteiger partial charge >= 0.3 is 0 Å². The van der Waals surface area contributed by atoms with Crippen LogP contribution in [0.5, 0.6) is 17.4 Å². The van der Waals surface area contributed by atoms with Crippen LogP contribution in [-0.4, -0.2) is 53.7 Å². The standard InChI is InChI=1S/C20H25N3O4/c1-14-12-19(22-15(2)21-14)27-18-8-10-23(11-9-18)20(24)13-26-17-6-4-16(25-3)5-7-17/h4-7,12,18H,8-11,13H2,1-3H3. The van der Waals surface area contributed by atoms with Crippen LogP contribution in [0.25, 0.3) is 0 Å². The predicted molar refractivity (Wildman–Crippen MR) is 100 cm³/mol.